The van der Waals surface area contributed by atoms with Gasteiger partial charge in [0.25, 0.3) is 0 Å². The van der Waals surface area contributed by atoms with Gasteiger partial charge in [0.15, 0.2) is 0 Å². The first-order valence-electron chi connectivity index (χ1n) is 13.9. The van der Waals surface area contributed by atoms with E-state index in [0.717, 1.165) is 26.2 Å². The van der Waals surface area contributed by atoms with Crippen molar-refractivity contribution < 1.29 is 45.5 Å². The molecular formula is C34H39Cl2N4Ti. The molecule has 4 atom stereocenters. The summed E-state index contributed by atoms with van der Waals surface area (Å²) in [4.78, 5) is 5.11. The Labute approximate surface area is 270 Å². The molecule has 1 aliphatic rings. The first-order valence-corrected chi connectivity index (χ1v) is 14.6. The fourth-order valence-corrected chi connectivity index (χ4v) is 6.43. The molecule has 0 aromatic heterocycles. The number of halogens is 2. The summed E-state index contributed by atoms with van der Waals surface area (Å²) in [5.74, 6) is 0. The summed E-state index contributed by atoms with van der Waals surface area (Å²) < 4.78 is 2.54. The normalized spacial score (nSPS) is 23.3. The van der Waals surface area contributed by atoms with E-state index in [9.17, 15) is 0 Å². The molecule has 5 rings (SSSR count). The summed E-state index contributed by atoms with van der Waals surface area (Å²) in [5.41, 5.74) is 5.40. The van der Waals surface area contributed by atoms with E-state index >= 15 is 0 Å². The minimum Gasteiger partial charge on any atom is -1.00 e. The summed E-state index contributed by atoms with van der Waals surface area (Å²) in [5, 5.41) is 4.00. The van der Waals surface area contributed by atoms with E-state index in [-0.39, 0.29) is 49.0 Å². The molecule has 213 valence electrons. The van der Waals surface area contributed by atoms with Gasteiger partial charge in [0.05, 0.1) is 0 Å². The van der Waals surface area contributed by atoms with Crippen LogP contribution in [0.15, 0.2) is 121 Å². The maximum absolute atomic E-state index is 4.00. The standard InChI is InChI=1S/C34H39N4.2ClH.Ti/c1-37-25-32(28-17-9-4-10-18-28)35-23-31(27-15-7-3-8-16-27)36-24-33(29-19-11-5-12-20-29)38(2)26-34(37)30-21-13-6-14-22-30;;;/h3-22,31-35H,23-26H2,1-2H3;2*1H;/q-1;;;+3/p-2. The maximum Gasteiger partial charge on any atom is -1.00 e. The predicted octanol–water partition coefficient (Wildman–Crippen LogP) is 0.190. The molecule has 4 aromatic rings. The Morgan fingerprint density at radius 2 is 0.878 bits per heavy atom. The molecule has 1 fully saturated rings. The second-order valence-electron chi connectivity index (χ2n) is 10.7. The van der Waals surface area contributed by atoms with Crippen molar-refractivity contribution >= 4 is 0 Å². The zero-order valence-corrected chi connectivity index (χ0v) is 26.9. The Kier molecular flexibility index (Phi) is 13.6. The molecule has 4 aromatic carbocycles. The van der Waals surface area contributed by atoms with Crippen molar-refractivity contribution in [2.45, 2.75) is 24.2 Å². The van der Waals surface area contributed by atoms with Crippen LogP contribution < -0.4 is 30.1 Å². The van der Waals surface area contributed by atoms with E-state index in [2.05, 4.69) is 175 Å². The Balaban J connectivity index is 0.00000231. The van der Waals surface area contributed by atoms with Gasteiger partial charge in [-0.25, -0.2) is 0 Å². The van der Waals surface area contributed by atoms with Gasteiger partial charge in [-0.1, -0.05) is 0 Å². The third-order valence-electron chi connectivity index (χ3n) is 8.05. The van der Waals surface area contributed by atoms with Crippen LogP contribution in [0.5, 0.6) is 0 Å². The maximum atomic E-state index is 4.00. The quantitative estimate of drug-likeness (QED) is 0.329. The van der Waals surface area contributed by atoms with Crippen molar-refractivity contribution in [3.05, 3.63) is 144 Å². The summed E-state index contributed by atoms with van der Waals surface area (Å²) in [6.07, 6.45) is 0. The Hall–Kier alpha value is -1.99. The first-order chi connectivity index (χ1) is 19.1. The number of hydrogen-bond donors (Lipinski definition) is 1. The molecule has 1 N–H and O–H groups in total. The Morgan fingerprint density at radius 1 is 0.512 bits per heavy atom. The van der Waals surface area contributed by atoms with Gasteiger partial charge in [-0.2, -0.15) is 0 Å². The molecule has 0 radical (unpaired) electrons. The van der Waals surface area contributed by atoms with Crippen LogP contribution in [0.1, 0.15) is 46.4 Å². The largest absolute Gasteiger partial charge is 1.00 e. The summed E-state index contributed by atoms with van der Waals surface area (Å²) >= 11 is 2.28. The number of benzene rings is 4. The topological polar surface area (TPSA) is 21.8 Å². The van der Waals surface area contributed by atoms with Crippen LogP contribution in [0, 0.1) is 0 Å². The minimum absolute atomic E-state index is 0. The molecule has 0 bridgehead atoms. The third-order valence-corrected chi connectivity index (χ3v) is 8.83. The van der Waals surface area contributed by atoms with Crippen LogP contribution in [-0.4, -0.2) is 53.5 Å². The number of likely N-dealkylation sites (N-methyl/N-ethyl adjacent to an activating group) is 2. The zero-order chi connectivity index (χ0) is 27.0. The van der Waals surface area contributed by atoms with Gasteiger partial charge < -0.3 is 24.8 Å². The van der Waals surface area contributed by atoms with Gasteiger partial charge in [0, 0.05) is 0 Å². The summed E-state index contributed by atoms with van der Waals surface area (Å²) in [6.45, 7) is 3.65. The first kappa shape index (κ1) is 33.5. The Bertz CT molecular complexity index is 1270. The SMILES string of the molecule is CN1CC(c2ccccc2)NCC(c2ccccc2)[N]([Ti+2])CC(c2ccccc2)N(C)CC1c1ccccc1.[Cl-].[Cl-]. The average molecular weight is 622 g/mol. The van der Waals surface area contributed by atoms with Crippen LogP contribution in [0.3, 0.4) is 0 Å². The van der Waals surface area contributed by atoms with Gasteiger partial charge in [-0.3, -0.25) is 0 Å². The molecule has 0 amide bonds. The van der Waals surface area contributed by atoms with Gasteiger partial charge in [-0.15, -0.1) is 0 Å². The van der Waals surface area contributed by atoms with Crippen LogP contribution in [-0.2, 0) is 20.7 Å². The second kappa shape index (κ2) is 16.6. The molecule has 1 aliphatic heterocycles. The number of nitrogens with zero attached hydrogens (tertiary/aromatic N) is 3. The van der Waals surface area contributed by atoms with E-state index in [1.54, 1.807) is 0 Å². The van der Waals surface area contributed by atoms with Crippen LogP contribution in [0.4, 0.5) is 0 Å². The van der Waals surface area contributed by atoms with Crippen LogP contribution in [0.2, 0.25) is 0 Å². The summed E-state index contributed by atoms with van der Waals surface area (Å²) in [6, 6.07) is 44.9. The van der Waals surface area contributed by atoms with E-state index in [4.69, 9.17) is 0 Å². The van der Waals surface area contributed by atoms with Gasteiger partial charge >= 0.3 is 247 Å². The smallest absolute Gasteiger partial charge is 1.00 e. The molecule has 1 saturated heterocycles. The van der Waals surface area contributed by atoms with Gasteiger partial charge in [-0.05, 0) is 0 Å². The predicted molar refractivity (Wildman–Crippen MR) is 157 cm³/mol. The number of hydrogen-bond acceptors (Lipinski definition) is 4. The van der Waals surface area contributed by atoms with Crippen molar-refractivity contribution in [2.75, 3.05) is 40.3 Å². The van der Waals surface area contributed by atoms with Gasteiger partial charge in [0.2, 0.25) is 0 Å². The average Bonchev–Trinajstić information content (AvgIpc) is 2.99. The van der Waals surface area contributed by atoms with E-state index in [1.165, 1.54) is 22.3 Å². The molecule has 4 nitrogen and oxygen atoms in total. The Morgan fingerprint density at radius 3 is 1.34 bits per heavy atom. The van der Waals surface area contributed by atoms with E-state index in [0.29, 0.717) is 0 Å². The number of nitrogens with one attached hydrogen (secondary N) is 1. The van der Waals surface area contributed by atoms with Crippen molar-refractivity contribution in [3.8, 4) is 0 Å². The fourth-order valence-electron chi connectivity index (χ4n) is 5.79. The van der Waals surface area contributed by atoms with E-state index in [1.807, 2.05) is 0 Å². The van der Waals surface area contributed by atoms with Crippen molar-refractivity contribution in [3.63, 3.8) is 0 Å². The minimum atomic E-state index is 0. The van der Waals surface area contributed by atoms with Crippen LogP contribution >= 0.6 is 0 Å². The molecule has 0 saturated carbocycles. The van der Waals surface area contributed by atoms with E-state index < -0.39 is 0 Å². The molecule has 0 spiro atoms. The van der Waals surface area contributed by atoms with Crippen LogP contribution in [0.25, 0.3) is 0 Å². The zero-order valence-electron chi connectivity index (χ0n) is 23.8. The molecule has 1 heterocycles. The fraction of sp³-hybridized carbons (Fsp3) is 0.294. The molecular weight excluding hydrogens is 583 g/mol. The summed E-state index contributed by atoms with van der Waals surface area (Å²) in [7, 11) is 4.58. The molecule has 41 heavy (non-hydrogen) atoms. The molecule has 4 unspecified atom stereocenters. The molecule has 7 heteroatoms. The van der Waals surface area contributed by atoms with Gasteiger partial charge in [0.1, 0.15) is 0 Å². The van der Waals surface area contributed by atoms with Crippen molar-refractivity contribution in [1.29, 1.82) is 0 Å². The molecule has 0 aliphatic carbocycles. The van der Waals surface area contributed by atoms with Crippen molar-refractivity contribution in [2.24, 2.45) is 0 Å². The monoisotopic (exact) mass is 621 g/mol. The third kappa shape index (κ3) is 8.76. The second-order valence-corrected chi connectivity index (χ2v) is 11.6. The number of rotatable bonds is 4. The van der Waals surface area contributed by atoms with Crippen molar-refractivity contribution in [1.82, 2.24) is 18.5 Å².